The van der Waals surface area contributed by atoms with Crippen molar-refractivity contribution in [1.82, 2.24) is 19.8 Å². The molecule has 17 heteroatoms. The predicted octanol–water partition coefficient (Wildman–Crippen LogP) is 7.93. The standard InChI is InChI=1S/C21H14F5N5OS.C9H17NO2.C7H12FN/c1-3-29-19-9-6-11(21(24,25)26)14(15(23)16(9)30-20(31-19)32-2)8-4-5-12(22)17-13(8)10(7-27)18(28)33-17;1-7-5-4-6-10(7)9(11)8(2)12-3;8-6-4-7-2-1-3-9(7)5-6/h4-6H,3,28H2,1-2H3,(H,29,30,31);7-8H,4-6H2,1-3H3;6-7H,1-5H2. The molecule has 3 fully saturated rings. The van der Waals surface area contributed by atoms with E-state index in [2.05, 4.69) is 27.1 Å². The van der Waals surface area contributed by atoms with E-state index in [1.165, 1.54) is 20.0 Å². The van der Waals surface area contributed by atoms with Crippen LogP contribution in [0.15, 0.2) is 18.2 Å². The van der Waals surface area contributed by atoms with Gasteiger partial charge in [-0.15, -0.1) is 11.3 Å². The van der Waals surface area contributed by atoms with E-state index in [-0.39, 0.29) is 62.0 Å². The van der Waals surface area contributed by atoms with Gasteiger partial charge in [-0.05, 0) is 77.1 Å². The lowest BCUT2D eigenvalue weighted by Gasteiger charge is -2.24. The second kappa shape index (κ2) is 17.0. The molecule has 7 rings (SSSR count). The van der Waals surface area contributed by atoms with Crippen molar-refractivity contribution in [3.8, 4) is 23.2 Å². The van der Waals surface area contributed by atoms with E-state index in [9.17, 15) is 32.0 Å². The average molecular weight is 780 g/mol. The molecule has 0 aliphatic carbocycles. The monoisotopic (exact) mass is 779 g/mol. The van der Waals surface area contributed by atoms with Crippen molar-refractivity contribution in [2.24, 2.45) is 0 Å². The SMILES string of the molecule is CCNc1nc(OC)nc2c(F)c(-c3ccc(F)c4sc(N)c(C#N)c34)c(C(F)(F)F)cc12.COC(C)C(=O)N1CCCC1C.FC1CC2CCCN2C1. The van der Waals surface area contributed by atoms with Crippen LogP contribution in [-0.4, -0.2) is 90.4 Å². The Kier molecular flexibility index (Phi) is 12.8. The Hall–Kier alpha value is -4.40. The van der Waals surface area contributed by atoms with Crippen LogP contribution in [0.1, 0.15) is 64.0 Å². The minimum absolute atomic E-state index is 0.0444. The van der Waals surface area contributed by atoms with Gasteiger partial charge in [0.1, 0.15) is 40.5 Å². The molecule has 2 aromatic heterocycles. The van der Waals surface area contributed by atoms with Crippen molar-refractivity contribution >= 4 is 49.1 Å². The first-order valence-corrected chi connectivity index (χ1v) is 18.5. The Labute approximate surface area is 313 Å². The Morgan fingerprint density at radius 3 is 2.50 bits per heavy atom. The number of rotatable bonds is 6. The number of thiophene rings is 1. The first kappa shape index (κ1) is 40.8. The van der Waals surface area contributed by atoms with Crippen LogP contribution < -0.4 is 15.8 Å². The number of hydrogen-bond acceptors (Lipinski definition) is 10. The van der Waals surface area contributed by atoms with E-state index in [0.29, 0.717) is 30.0 Å². The fourth-order valence-electron chi connectivity index (χ4n) is 7.22. The van der Waals surface area contributed by atoms with Gasteiger partial charge in [-0.2, -0.15) is 28.4 Å². The predicted molar refractivity (Wildman–Crippen MR) is 196 cm³/mol. The van der Waals surface area contributed by atoms with Crippen LogP contribution >= 0.6 is 11.3 Å². The van der Waals surface area contributed by atoms with E-state index >= 15 is 4.39 Å². The lowest BCUT2D eigenvalue weighted by molar-refractivity contribution is -0.141. The molecule has 3 N–H and O–H groups in total. The third kappa shape index (κ3) is 8.30. The number of nitrogens with two attached hydrogens (primary N) is 1. The van der Waals surface area contributed by atoms with Crippen LogP contribution in [-0.2, 0) is 15.7 Å². The zero-order valence-electron chi connectivity index (χ0n) is 30.6. The lowest BCUT2D eigenvalue weighted by Crippen LogP contribution is -2.40. The number of amides is 1. The van der Waals surface area contributed by atoms with Crippen molar-refractivity contribution in [2.75, 3.05) is 51.4 Å². The number of carbonyl (C=O) groups is 1. The van der Waals surface area contributed by atoms with Crippen molar-refractivity contribution < 1.29 is 40.6 Å². The molecule has 3 aliphatic heterocycles. The second-order valence-electron chi connectivity index (χ2n) is 13.4. The van der Waals surface area contributed by atoms with Gasteiger partial charge in [0.15, 0.2) is 5.82 Å². The first-order valence-electron chi connectivity index (χ1n) is 17.7. The van der Waals surface area contributed by atoms with E-state index < -0.39 is 40.6 Å². The number of nitrogen functional groups attached to an aromatic ring is 1. The highest BCUT2D eigenvalue weighted by atomic mass is 32.1. The largest absolute Gasteiger partial charge is 0.467 e. The minimum atomic E-state index is -5.00. The maximum Gasteiger partial charge on any atom is 0.417 e. The summed E-state index contributed by atoms with van der Waals surface area (Å²) in [7, 11) is 2.81. The van der Waals surface area contributed by atoms with Gasteiger partial charge < -0.3 is 25.4 Å². The normalized spacial score (nSPS) is 20.2. The van der Waals surface area contributed by atoms with E-state index in [4.69, 9.17) is 15.2 Å². The number of hydrogen-bond donors (Lipinski definition) is 2. The third-order valence-electron chi connectivity index (χ3n) is 9.94. The maximum absolute atomic E-state index is 15.9. The number of alkyl halides is 4. The molecular weight excluding hydrogens is 737 g/mol. The summed E-state index contributed by atoms with van der Waals surface area (Å²) in [5, 5.41) is 11.8. The number of aromatic nitrogens is 2. The minimum Gasteiger partial charge on any atom is -0.467 e. The Balaban J connectivity index is 0.000000215. The molecule has 0 radical (unpaired) electrons. The number of nitrogens with one attached hydrogen (secondary N) is 1. The Morgan fingerprint density at radius 2 is 1.91 bits per heavy atom. The zero-order chi connectivity index (χ0) is 39.5. The number of likely N-dealkylation sites (tertiary alicyclic amines) is 1. The number of ether oxygens (including phenoxy) is 2. The number of fused-ring (bicyclic) bond motifs is 3. The lowest BCUT2D eigenvalue weighted by atomic mass is 9.92. The van der Waals surface area contributed by atoms with Crippen LogP contribution in [0.25, 0.3) is 32.1 Å². The molecule has 0 bridgehead atoms. The molecule has 0 spiro atoms. The molecule has 3 saturated heterocycles. The average Bonchev–Trinajstić information content (AvgIpc) is 3.92. The highest BCUT2D eigenvalue weighted by molar-refractivity contribution is 7.23. The quantitative estimate of drug-likeness (QED) is 0.188. The van der Waals surface area contributed by atoms with Crippen molar-refractivity contribution in [1.29, 1.82) is 5.26 Å². The van der Waals surface area contributed by atoms with E-state index in [0.717, 1.165) is 50.6 Å². The van der Waals surface area contributed by atoms with Crippen LogP contribution in [0, 0.1) is 23.0 Å². The molecule has 4 aromatic rings. The number of halogens is 6. The molecule has 292 valence electrons. The number of carbonyl (C=O) groups excluding carboxylic acids is 1. The molecule has 0 saturated carbocycles. The molecular formula is C37H43F6N7O3S. The van der Waals surface area contributed by atoms with Gasteiger partial charge in [0, 0.05) is 55.2 Å². The highest BCUT2D eigenvalue weighted by Gasteiger charge is 2.38. The van der Waals surface area contributed by atoms with Crippen LogP contribution in [0.5, 0.6) is 6.01 Å². The smallest absolute Gasteiger partial charge is 0.417 e. The van der Waals surface area contributed by atoms with Gasteiger partial charge in [-0.25, -0.2) is 13.2 Å². The third-order valence-corrected chi connectivity index (χ3v) is 11.0. The zero-order valence-corrected chi connectivity index (χ0v) is 31.4. The Bertz CT molecular complexity index is 2030. The second-order valence-corrected chi connectivity index (χ2v) is 14.4. The molecule has 2 aromatic carbocycles. The summed E-state index contributed by atoms with van der Waals surface area (Å²) in [6.07, 6.45) is -0.215. The molecule has 3 aliphatic rings. The summed E-state index contributed by atoms with van der Waals surface area (Å²) in [6.45, 7) is 8.62. The fourth-order valence-corrected chi connectivity index (χ4v) is 8.17. The topological polar surface area (TPSA) is 130 Å². The highest BCUT2D eigenvalue weighted by Crippen LogP contribution is 2.47. The van der Waals surface area contributed by atoms with Gasteiger partial charge in [-0.1, -0.05) is 6.07 Å². The molecule has 1 amide bonds. The number of methoxy groups -OCH3 is 2. The summed E-state index contributed by atoms with van der Waals surface area (Å²) < 4.78 is 95.2. The molecule has 5 heterocycles. The summed E-state index contributed by atoms with van der Waals surface area (Å²) in [5.74, 6) is -2.03. The van der Waals surface area contributed by atoms with E-state index in [1.807, 2.05) is 4.90 Å². The van der Waals surface area contributed by atoms with Crippen molar-refractivity contribution in [3.63, 3.8) is 0 Å². The van der Waals surface area contributed by atoms with Crippen molar-refractivity contribution in [2.45, 2.75) is 83.4 Å². The fraction of sp³-hybridized carbons (Fsp3) is 0.514. The van der Waals surface area contributed by atoms with Crippen LogP contribution in [0.4, 0.5) is 37.2 Å². The molecule has 4 unspecified atom stereocenters. The van der Waals surface area contributed by atoms with Crippen LogP contribution in [0.2, 0.25) is 0 Å². The summed E-state index contributed by atoms with van der Waals surface area (Å²) in [6, 6.07) is 5.15. The van der Waals surface area contributed by atoms with Gasteiger partial charge in [0.05, 0.1) is 22.9 Å². The first-order chi connectivity index (χ1) is 25.6. The van der Waals surface area contributed by atoms with Crippen LogP contribution in [0.3, 0.4) is 0 Å². The van der Waals surface area contributed by atoms with Gasteiger partial charge in [0.25, 0.3) is 5.91 Å². The number of nitrogens with zero attached hydrogens (tertiary/aromatic N) is 5. The number of nitriles is 1. The summed E-state index contributed by atoms with van der Waals surface area (Å²) >= 11 is 0.698. The van der Waals surface area contributed by atoms with Gasteiger partial charge >= 0.3 is 12.2 Å². The van der Waals surface area contributed by atoms with Gasteiger partial charge in [-0.3, -0.25) is 9.69 Å². The summed E-state index contributed by atoms with van der Waals surface area (Å²) in [4.78, 5) is 23.7. The molecule has 54 heavy (non-hydrogen) atoms. The van der Waals surface area contributed by atoms with Crippen molar-refractivity contribution in [3.05, 3.63) is 41.0 Å². The van der Waals surface area contributed by atoms with E-state index in [1.54, 1.807) is 27.0 Å². The number of anilines is 2. The maximum atomic E-state index is 15.9. The molecule has 4 atom stereocenters. The molecule has 10 nitrogen and oxygen atoms in total. The Morgan fingerprint density at radius 1 is 1.19 bits per heavy atom. The van der Waals surface area contributed by atoms with Gasteiger partial charge in [0.2, 0.25) is 0 Å². The number of benzene rings is 2. The summed E-state index contributed by atoms with van der Waals surface area (Å²) in [5.41, 5.74) is 2.59.